The van der Waals surface area contributed by atoms with Gasteiger partial charge in [0.2, 0.25) is 0 Å². The van der Waals surface area contributed by atoms with Gasteiger partial charge in [-0.2, -0.15) is 5.10 Å². The molecule has 0 saturated heterocycles. The number of nitrogens with zero attached hydrogens (tertiary/aromatic N) is 4. The molecule has 3 aromatic rings. The van der Waals surface area contributed by atoms with Crippen LogP contribution in [0.1, 0.15) is 11.3 Å². The molecule has 2 amide bonds. The molecule has 0 aliphatic rings. The van der Waals surface area contributed by atoms with Crippen molar-refractivity contribution in [2.24, 2.45) is 7.05 Å². The molecule has 1 aromatic carbocycles. The SMILES string of the molecule is COc1ccc(CN(C)C(=O)Nc2cnc3c(c2)c(C)nn3C)cc1F. The number of hydrogen-bond donors (Lipinski definition) is 1. The molecule has 0 aliphatic heterocycles. The summed E-state index contributed by atoms with van der Waals surface area (Å²) in [6, 6.07) is 6.14. The molecule has 0 radical (unpaired) electrons. The number of fused-ring (bicyclic) bond motifs is 1. The summed E-state index contributed by atoms with van der Waals surface area (Å²) in [6.07, 6.45) is 1.59. The molecule has 7 nitrogen and oxygen atoms in total. The van der Waals surface area contributed by atoms with E-state index < -0.39 is 5.82 Å². The summed E-state index contributed by atoms with van der Waals surface area (Å²) in [7, 11) is 4.87. The van der Waals surface area contributed by atoms with Crippen LogP contribution in [0, 0.1) is 12.7 Å². The summed E-state index contributed by atoms with van der Waals surface area (Å²) in [5, 5.41) is 7.99. The van der Waals surface area contributed by atoms with Gasteiger partial charge in [-0.1, -0.05) is 6.07 Å². The number of ether oxygens (including phenoxy) is 1. The molecule has 0 saturated carbocycles. The number of hydrogen-bond acceptors (Lipinski definition) is 4. The number of amides is 2. The Morgan fingerprint density at radius 3 is 2.85 bits per heavy atom. The highest BCUT2D eigenvalue weighted by molar-refractivity contribution is 5.91. The Bertz CT molecular complexity index is 970. The number of nitrogens with one attached hydrogen (secondary N) is 1. The van der Waals surface area contributed by atoms with Gasteiger partial charge in [-0.25, -0.2) is 14.2 Å². The minimum Gasteiger partial charge on any atom is -0.494 e. The maximum atomic E-state index is 13.8. The lowest BCUT2D eigenvalue weighted by Gasteiger charge is -2.18. The van der Waals surface area contributed by atoms with Crippen molar-refractivity contribution in [1.82, 2.24) is 19.7 Å². The largest absolute Gasteiger partial charge is 0.494 e. The van der Waals surface area contributed by atoms with Crippen molar-refractivity contribution in [2.75, 3.05) is 19.5 Å². The van der Waals surface area contributed by atoms with Crippen molar-refractivity contribution in [2.45, 2.75) is 13.5 Å². The van der Waals surface area contributed by atoms with E-state index in [1.807, 2.05) is 20.0 Å². The number of aryl methyl sites for hydroxylation is 2. The van der Waals surface area contributed by atoms with E-state index in [1.54, 1.807) is 30.1 Å². The quantitative estimate of drug-likeness (QED) is 0.779. The zero-order valence-electron chi connectivity index (χ0n) is 15.1. The van der Waals surface area contributed by atoms with Gasteiger partial charge in [0.1, 0.15) is 0 Å². The van der Waals surface area contributed by atoms with Gasteiger partial charge in [-0.05, 0) is 30.7 Å². The molecular weight excluding hydrogens is 337 g/mol. The first-order valence-corrected chi connectivity index (χ1v) is 8.03. The molecule has 0 unspecified atom stereocenters. The molecule has 3 rings (SSSR count). The lowest BCUT2D eigenvalue weighted by atomic mass is 10.2. The number of urea groups is 1. The summed E-state index contributed by atoms with van der Waals surface area (Å²) < 4.78 is 20.4. The third-order valence-corrected chi connectivity index (χ3v) is 4.10. The second kappa shape index (κ2) is 6.99. The van der Waals surface area contributed by atoms with E-state index in [1.165, 1.54) is 18.1 Å². The van der Waals surface area contributed by atoms with Gasteiger partial charge in [-0.15, -0.1) is 0 Å². The summed E-state index contributed by atoms with van der Waals surface area (Å²) in [4.78, 5) is 18.2. The Hall–Kier alpha value is -3.16. The minimum absolute atomic E-state index is 0.173. The van der Waals surface area contributed by atoms with Crippen LogP contribution in [-0.4, -0.2) is 39.9 Å². The van der Waals surface area contributed by atoms with Gasteiger partial charge in [0.05, 0.1) is 24.7 Å². The summed E-state index contributed by atoms with van der Waals surface area (Å²) >= 11 is 0. The third kappa shape index (κ3) is 3.44. The molecule has 8 heteroatoms. The summed E-state index contributed by atoms with van der Waals surface area (Å²) in [6.45, 7) is 2.15. The van der Waals surface area contributed by atoms with Crippen molar-refractivity contribution in [3.63, 3.8) is 0 Å². The summed E-state index contributed by atoms with van der Waals surface area (Å²) in [5.74, 6) is -0.285. The number of pyridine rings is 1. The first kappa shape index (κ1) is 17.7. The number of methoxy groups -OCH3 is 1. The Morgan fingerprint density at radius 1 is 1.38 bits per heavy atom. The van der Waals surface area contributed by atoms with Crippen LogP contribution < -0.4 is 10.1 Å². The third-order valence-electron chi connectivity index (χ3n) is 4.10. The second-order valence-electron chi connectivity index (χ2n) is 6.06. The van der Waals surface area contributed by atoms with Crippen LogP contribution >= 0.6 is 0 Å². The number of carbonyl (C=O) groups is 1. The average Bonchev–Trinajstić information content (AvgIpc) is 2.89. The number of benzene rings is 1. The Labute approximate surface area is 150 Å². The smallest absolute Gasteiger partial charge is 0.321 e. The predicted molar refractivity (Wildman–Crippen MR) is 96.7 cm³/mol. The average molecular weight is 357 g/mol. The topological polar surface area (TPSA) is 72.3 Å². The van der Waals surface area contributed by atoms with E-state index in [0.717, 1.165) is 16.7 Å². The van der Waals surface area contributed by atoms with E-state index in [4.69, 9.17) is 4.74 Å². The zero-order chi connectivity index (χ0) is 18.8. The van der Waals surface area contributed by atoms with Crippen LogP contribution in [0.15, 0.2) is 30.5 Å². The van der Waals surface area contributed by atoms with Crippen molar-refractivity contribution in [1.29, 1.82) is 0 Å². The lowest BCUT2D eigenvalue weighted by molar-refractivity contribution is 0.220. The minimum atomic E-state index is -0.458. The Balaban J connectivity index is 1.71. The normalized spacial score (nSPS) is 10.8. The van der Waals surface area contributed by atoms with Crippen LogP contribution in [0.3, 0.4) is 0 Å². The summed E-state index contributed by atoms with van der Waals surface area (Å²) in [5.41, 5.74) is 2.83. The maximum absolute atomic E-state index is 13.8. The van der Waals surface area contributed by atoms with E-state index in [0.29, 0.717) is 11.3 Å². The molecule has 0 bridgehead atoms. The maximum Gasteiger partial charge on any atom is 0.321 e. The molecule has 0 atom stereocenters. The van der Waals surface area contributed by atoms with Crippen LogP contribution in [-0.2, 0) is 13.6 Å². The van der Waals surface area contributed by atoms with Crippen LogP contribution in [0.4, 0.5) is 14.9 Å². The molecule has 26 heavy (non-hydrogen) atoms. The molecule has 2 aromatic heterocycles. The first-order valence-electron chi connectivity index (χ1n) is 8.03. The monoisotopic (exact) mass is 357 g/mol. The van der Waals surface area contributed by atoms with Gasteiger partial charge in [-0.3, -0.25) is 4.68 Å². The highest BCUT2D eigenvalue weighted by atomic mass is 19.1. The Kier molecular flexibility index (Phi) is 4.75. The van der Waals surface area contributed by atoms with Crippen LogP contribution in [0.25, 0.3) is 11.0 Å². The Morgan fingerprint density at radius 2 is 2.15 bits per heavy atom. The number of carbonyl (C=O) groups excluding carboxylic acids is 1. The van der Waals surface area contributed by atoms with Gasteiger partial charge < -0.3 is 15.0 Å². The number of aromatic nitrogens is 3. The highest BCUT2D eigenvalue weighted by Crippen LogP contribution is 2.21. The molecule has 2 heterocycles. The van der Waals surface area contributed by atoms with Crippen molar-refractivity contribution in [3.8, 4) is 5.75 Å². The van der Waals surface area contributed by atoms with Gasteiger partial charge in [0.25, 0.3) is 0 Å². The van der Waals surface area contributed by atoms with E-state index in [9.17, 15) is 9.18 Å². The standard InChI is InChI=1S/C18H20FN5O2/c1-11-14-8-13(9-20-17(14)24(3)22-11)21-18(25)23(2)10-12-5-6-16(26-4)15(19)7-12/h5-9H,10H2,1-4H3,(H,21,25). The highest BCUT2D eigenvalue weighted by Gasteiger charge is 2.13. The van der Waals surface area contributed by atoms with Crippen LogP contribution in [0.5, 0.6) is 5.75 Å². The number of rotatable bonds is 4. The molecular formula is C18H20FN5O2. The van der Waals surface area contributed by atoms with Gasteiger partial charge in [0.15, 0.2) is 17.2 Å². The van der Waals surface area contributed by atoms with Gasteiger partial charge in [0, 0.05) is 26.0 Å². The lowest BCUT2D eigenvalue weighted by Crippen LogP contribution is -2.30. The van der Waals surface area contributed by atoms with Gasteiger partial charge >= 0.3 is 6.03 Å². The molecule has 136 valence electrons. The van der Waals surface area contributed by atoms with E-state index in [2.05, 4.69) is 15.4 Å². The zero-order valence-corrected chi connectivity index (χ0v) is 15.1. The molecule has 1 N–H and O–H groups in total. The molecule has 0 spiro atoms. The number of halogens is 1. The second-order valence-corrected chi connectivity index (χ2v) is 6.06. The van der Waals surface area contributed by atoms with Crippen molar-refractivity contribution < 1.29 is 13.9 Å². The van der Waals surface area contributed by atoms with Crippen LogP contribution in [0.2, 0.25) is 0 Å². The fourth-order valence-electron chi connectivity index (χ4n) is 2.75. The van der Waals surface area contributed by atoms with E-state index in [-0.39, 0.29) is 18.3 Å². The predicted octanol–water partition coefficient (Wildman–Crippen LogP) is 3.09. The van der Waals surface area contributed by atoms with Crippen molar-refractivity contribution >= 4 is 22.8 Å². The number of anilines is 1. The molecule has 0 aliphatic carbocycles. The van der Waals surface area contributed by atoms with E-state index >= 15 is 0 Å². The first-order chi connectivity index (χ1) is 12.4. The fourth-order valence-corrected chi connectivity index (χ4v) is 2.75. The van der Waals surface area contributed by atoms with Crippen molar-refractivity contribution in [3.05, 3.63) is 47.5 Å². The fraction of sp³-hybridized carbons (Fsp3) is 0.278. The molecule has 0 fully saturated rings.